The molecule has 1 atom stereocenters. The van der Waals surface area contributed by atoms with E-state index in [-0.39, 0.29) is 24.4 Å². The predicted molar refractivity (Wildman–Crippen MR) is 60.6 cm³/mol. The Kier molecular flexibility index (Phi) is 5.17. The van der Waals surface area contributed by atoms with Gasteiger partial charge in [-0.1, -0.05) is 0 Å². The summed E-state index contributed by atoms with van der Waals surface area (Å²) in [5.41, 5.74) is 0. The lowest BCUT2D eigenvalue weighted by atomic mass is 10.4. The number of hydrogen-bond acceptors (Lipinski definition) is 7. The molecule has 90 valence electrons. The van der Waals surface area contributed by atoms with E-state index in [4.69, 9.17) is 21.8 Å². The van der Waals surface area contributed by atoms with Crippen molar-refractivity contribution < 1.29 is 10.2 Å². The van der Waals surface area contributed by atoms with Gasteiger partial charge >= 0.3 is 0 Å². The van der Waals surface area contributed by atoms with Gasteiger partial charge in [0.05, 0.1) is 12.7 Å². The van der Waals surface area contributed by atoms with E-state index < -0.39 is 6.10 Å². The summed E-state index contributed by atoms with van der Waals surface area (Å²) < 4.78 is 0. The summed E-state index contributed by atoms with van der Waals surface area (Å²) in [7, 11) is 0. The van der Waals surface area contributed by atoms with Crippen LogP contribution < -0.4 is 10.6 Å². The molecule has 1 rings (SSSR count). The van der Waals surface area contributed by atoms with Crippen molar-refractivity contribution in [3.8, 4) is 0 Å². The first-order valence-corrected chi connectivity index (χ1v) is 5.21. The largest absolute Gasteiger partial charge is 0.394 e. The minimum atomic E-state index is -0.863. The fourth-order valence-corrected chi connectivity index (χ4v) is 1.10. The molecule has 0 fully saturated rings. The number of aliphatic hydroxyl groups excluding tert-OH is 2. The Labute approximate surface area is 97.9 Å². The molecule has 0 spiro atoms. The van der Waals surface area contributed by atoms with Crippen molar-refractivity contribution in [2.45, 2.75) is 13.0 Å². The number of halogens is 1. The number of anilines is 2. The number of nitrogens with zero attached hydrogens (tertiary/aromatic N) is 3. The lowest BCUT2D eigenvalue weighted by Crippen LogP contribution is -2.24. The maximum Gasteiger partial charge on any atom is 0.228 e. The lowest BCUT2D eigenvalue weighted by molar-refractivity contribution is 0.105. The number of aromatic nitrogens is 3. The fraction of sp³-hybridized carbons (Fsp3) is 0.625. The maximum absolute atomic E-state index is 9.13. The minimum Gasteiger partial charge on any atom is -0.394 e. The van der Waals surface area contributed by atoms with Crippen LogP contribution in [0.5, 0.6) is 0 Å². The fourth-order valence-electron chi connectivity index (χ4n) is 0.940. The van der Waals surface area contributed by atoms with Crippen LogP contribution in [0.4, 0.5) is 11.9 Å². The number of nitrogens with one attached hydrogen (secondary N) is 2. The molecule has 0 radical (unpaired) electrons. The molecule has 4 N–H and O–H groups in total. The van der Waals surface area contributed by atoms with Crippen molar-refractivity contribution in [3.05, 3.63) is 5.28 Å². The van der Waals surface area contributed by atoms with Crippen molar-refractivity contribution in [1.29, 1.82) is 0 Å². The van der Waals surface area contributed by atoms with Crippen molar-refractivity contribution in [1.82, 2.24) is 15.0 Å². The molecule has 0 saturated carbocycles. The number of rotatable bonds is 6. The van der Waals surface area contributed by atoms with Crippen LogP contribution >= 0.6 is 11.6 Å². The Balaban J connectivity index is 2.64. The lowest BCUT2D eigenvalue weighted by Gasteiger charge is -2.09. The number of hydrogen-bond donors (Lipinski definition) is 4. The van der Waals surface area contributed by atoms with E-state index >= 15 is 0 Å². The van der Waals surface area contributed by atoms with Crippen LogP contribution in [0, 0.1) is 0 Å². The average molecular weight is 248 g/mol. The van der Waals surface area contributed by atoms with Crippen LogP contribution in [0.3, 0.4) is 0 Å². The van der Waals surface area contributed by atoms with Crippen molar-refractivity contribution in [3.63, 3.8) is 0 Å². The molecule has 1 unspecified atom stereocenters. The third-order valence-electron chi connectivity index (χ3n) is 1.65. The average Bonchev–Trinajstić information content (AvgIpc) is 2.25. The van der Waals surface area contributed by atoms with Gasteiger partial charge < -0.3 is 20.8 Å². The zero-order valence-corrected chi connectivity index (χ0v) is 9.57. The molecule has 7 nitrogen and oxygen atoms in total. The van der Waals surface area contributed by atoms with Gasteiger partial charge in [-0.2, -0.15) is 15.0 Å². The monoisotopic (exact) mass is 247 g/mol. The third kappa shape index (κ3) is 4.13. The maximum atomic E-state index is 9.13. The first-order chi connectivity index (χ1) is 7.65. The highest BCUT2D eigenvalue weighted by molar-refractivity contribution is 6.28. The second-order valence-electron chi connectivity index (χ2n) is 3.00. The molecule has 1 heterocycles. The third-order valence-corrected chi connectivity index (χ3v) is 1.82. The van der Waals surface area contributed by atoms with E-state index in [0.29, 0.717) is 12.5 Å². The summed E-state index contributed by atoms with van der Waals surface area (Å²) in [5.74, 6) is 0.618. The molecule has 0 amide bonds. The van der Waals surface area contributed by atoms with Gasteiger partial charge in [0.1, 0.15) is 0 Å². The summed E-state index contributed by atoms with van der Waals surface area (Å²) in [6.07, 6.45) is -0.863. The van der Waals surface area contributed by atoms with E-state index in [1.165, 1.54) is 0 Å². The molecule has 8 heteroatoms. The van der Waals surface area contributed by atoms with Gasteiger partial charge in [-0.15, -0.1) is 0 Å². The highest BCUT2D eigenvalue weighted by atomic mass is 35.5. The molecule has 0 aliphatic heterocycles. The molecule has 1 aromatic rings. The van der Waals surface area contributed by atoms with Gasteiger partial charge in [0.2, 0.25) is 17.2 Å². The summed E-state index contributed by atoms with van der Waals surface area (Å²) in [5, 5.41) is 23.4. The SMILES string of the molecule is CCNc1nc(Cl)nc(NCC(O)CO)n1. The van der Waals surface area contributed by atoms with E-state index in [9.17, 15) is 0 Å². The highest BCUT2D eigenvalue weighted by Crippen LogP contribution is 2.09. The van der Waals surface area contributed by atoms with Gasteiger partial charge in [0.15, 0.2) is 0 Å². The molecule has 0 bridgehead atoms. The molecular weight excluding hydrogens is 234 g/mol. The van der Waals surface area contributed by atoms with Gasteiger partial charge in [-0.05, 0) is 18.5 Å². The Morgan fingerprint density at radius 3 is 2.44 bits per heavy atom. The van der Waals surface area contributed by atoms with Crippen LogP contribution in [0.2, 0.25) is 5.28 Å². The van der Waals surface area contributed by atoms with E-state index in [2.05, 4.69) is 25.6 Å². The van der Waals surface area contributed by atoms with Gasteiger partial charge in [0, 0.05) is 13.1 Å². The van der Waals surface area contributed by atoms with Crippen molar-refractivity contribution >= 4 is 23.5 Å². The quantitative estimate of drug-likeness (QED) is 0.548. The normalized spacial score (nSPS) is 12.2. The Morgan fingerprint density at radius 2 is 1.88 bits per heavy atom. The first-order valence-electron chi connectivity index (χ1n) is 4.84. The number of aliphatic hydroxyl groups is 2. The highest BCUT2D eigenvalue weighted by Gasteiger charge is 2.06. The molecule has 0 aliphatic carbocycles. The molecule has 0 aromatic carbocycles. The summed E-state index contributed by atoms with van der Waals surface area (Å²) in [6.45, 7) is 2.38. The predicted octanol–water partition coefficient (Wildman–Crippen LogP) is -0.278. The minimum absolute atomic E-state index is 0.0620. The summed E-state index contributed by atoms with van der Waals surface area (Å²) in [6, 6.07) is 0. The van der Waals surface area contributed by atoms with E-state index in [1.807, 2.05) is 6.92 Å². The molecule has 0 aliphatic rings. The van der Waals surface area contributed by atoms with Gasteiger partial charge in [0.25, 0.3) is 0 Å². The summed E-state index contributed by atoms with van der Waals surface area (Å²) >= 11 is 5.68. The van der Waals surface area contributed by atoms with Crippen molar-refractivity contribution in [2.24, 2.45) is 0 Å². The van der Waals surface area contributed by atoms with Crippen LogP contribution in [0.15, 0.2) is 0 Å². The zero-order chi connectivity index (χ0) is 12.0. The molecular formula is C8H14ClN5O2. The standard InChI is InChI=1S/C8H14ClN5O2/c1-2-10-7-12-6(9)13-8(14-7)11-3-5(16)4-15/h5,15-16H,2-4H2,1H3,(H2,10,11,12,13,14). The Morgan fingerprint density at radius 1 is 1.25 bits per heavy atom. The van der Waals surface area contributed by atoms with Crippen LogP contribution in [-0.4, -0.2) is 51.0 Å². The van der Waals surface area contributed by atoms with Gasteiger partial charge in [-0.25, -0.2) is 0 Å². The zero-order valence-electron chi connectivity index (χ0n) is 8.81. The first kappa shape index (κ1) is 12.9. The summed E-state index contributed by atoms with van der Waals surface area (Å²) in [4.78, 5) is 11.7. The second kappa shape index (κ2) is 6.41. The van der Waals surface area contributed by atoms with Crippen LogP contribution in [0.25, 0.3) is 0 Å². The van der Waals surface area contributed by atoms with E-state index in [1.54, 1.807) is 0 Å². The van der Waals surface area contributed by atoms with Gasteiger partial charge in [-0.3, -0.25) is 0 Å². The molecule has 1 aromatic heterocycles. The topological polar surface area (TPSA) is 103 Å². The second-order valence-corrected chi connectivity index (χ2v) is 3.34. The smallest absolute Gasteiger partial charge is 0.228 e. The van der Waals surface area contributed by atoms with E-state index in [0.717, 1.165) is 0 Å². The van der Waals surface area contributed by atoms with Crippen LogP contribution in [0.1, 0.15) is 6.92 Å². The van der Waals surface area contributed by atoms with Crippen LogP contribution in [-0.2, 0) is 0 Å². The molecule has 0 saturated heterocycles. The molecule has 16 heavy (non-hydrogen) atoms. The van der Waals surface area contributed by atoms with Crippen molar-refractivity contribution in [2.75, 3.05) is 30.3 Å². The Hall–Kier alpha value is -1.18. The Bertz CT molecular complexity index is 338.